The number of nitrogens with zero attached hydrogens (tertiary/aromatic N) is 2. The van der Waals surface area contributed by atoms with Gasteiger partial charge < -0.3 is 9.84 Å². The van der Waals surface area contributed by atoms with Crippen LogP contribution in [-0.4, -0.2) is 59.6 Å². The van der Waals surface area contributed by atoms with Gasteiger partial charge >= 0.3 is 6.36 Å². The molecule has 2 fully saturated rings. The number of hydrogen-bond acceptors (Lipinski definition) is 4. The van der Waals surface area contributed by atoms with Crippen molar-refractivity contribution >= 4 is 0 Å². The van der Waals surface area contributed by atoms with Crippen LogP contribution in [-0.2, 0) is 6.54 Å². The lowest BCUT2D eigenvalue weighted by Crippen LogP contribution is -2.54. The fourth-order valence-electron chi connectivity index (χ4n) is 4.04. The number of halogens is 3. The van der Waals surface area contributed by atoms with E-state index in [1.807, 2.05) is 0 Å². The van der Waals surface area contributed by atoms with Gasteiger partial charge in [0.1, 0.15) is 5.75 Å². The van der Waals surface area contributed by atoms with E-state index in [1.165, 1.54) is 37.8 Å². The first kappa shape index (κ1) is 19.5. The smallest absolute Gasteiger partial charge is 0.406 e. The lowest BCUT2D eigenvalue weighted by atomic mass is 9.99. The average molecular weight is 372 g/mol. The molecule has 2 aliphatic heterocycles. The van der Waals surface area contributed by atoms with Crippen molar-refractivity contribution in [1.82, 2.24) is 9.80 Å². The van der Waals surface area contributed by atoms with Crippen molar-refractivity contribution in [3.63, 3.8) is 0 Å². The molecule has 0 aromatic heterocycles. The largest absolute Gasteiger partial charge is 0.573 e. The SMILES string of the molecule is O[C@@H]1CN(Cc2ccc(OC(F)(F)F)cc2)CC[C@H]1N1CCCCCC1. The summed E-state index contributed by atoms with van der Waals surface area (Å²) in [6.07, 6.45) is 0.851. The van der Waals surface area contributed by atoms with Crippen LogP contribution in [0.4, 0.5) is 13.2 Å². The molecule has 7 heteroatoms. The van der Waals surface area contributed by atoms with Gasteiger partial charge in [0.15, 0.2) is 0 Å². The molecule has 0 bridgehead atoms. The van der Waals surface area contributed by atoms with E-state index in [0.29, 0.717) is 13.1 Å². The van der Waals surface area contributed by atoms with Crippen LogP contribution in [0, 0.1) is 0 Å². The highest BCUT2D eigenvalue weighted by Gasteiger charge is 2.33. The number of rotatable bonds is 4. The lowest BCUT2D eigenvalue weighted by molar-refractivity contribution is -0.274. The molecule has 0 radical (unpaired) electrons. The highest BCUT2D eigenvalue weighted by atomic mass is 19.4. The van der Waals surface area contributed by atoms with Gasteiger partial charge in [-0.25, -0.2) is 0 Å². The average Bonchev–Trinajstić information content (AvgIpc) is 2.85. The second-order valence-corrected chi connectivity index (χ2v) is 7.30. The number of hydrogen-bond donors (Lipinski definition) is 1. The van der Waals surface area contributed by atoms with Gasteiger partial charge in [-0.05, 0) is 50.0 Å². The van der Waals surface area contributed by atoms with Crippen molar-refractivity contribution < 1.29 is 23.0 Å². The number of ether oxygens (including phenoxy) is 1. The van der Waals surface area contributed by atoms with Crippen molar-refractivity contribution in [1.29, 1.82) is 0 Å². The maximum atomic E-state index is 12.2. The topological polar surface area (TPSA) is 35.9 Å². The summed E-state index contributed by atoms with van der Waals surface area (Å²) in [6, 6.07) is 6.20. The molecule has 1 N–H and O–H groups in total. The first-order valence-corrected chi connectivity index (χ1v) is 9.40. The maximum absolute atomic E-state index is 12.2. The van der Waals surface area contributed by atoms with E-state index >= 15 is 0 Å². The molecule has 1 aromatic carbocycles. The molecule has 1 aromatic rings. The summed E-state index contributed by atoms with van der Waals surface area (Å²) in [7, 11) is 0. The van der Waals surface area contributed by atoms with E-state index in [1.54, 1.807) is 12.1 Å². The molecule has 0 unspecified atom stereocenters. The Morgan fingerprint density at radius 3 is 2.23 bits per heavy atom. The Balaban J connectivity index is 1.51. The fraction of sp³-hybridized carbons (Fsp3) is 0.684. The molecule has 26 heavy (non-hydrogen) atoms. The number of alkyl halides is 3. The first-order valence-electron chi connectivity index (χ1n) is 9.40. The van der Waals surface area contributed by atoms with Gasteiger partial charge in [0.05, 0.1) is 6.10 Å². The predicted molar refractivity (Wildman–Crippen MR) is 92.9 cm³/mol. The van der Waals surface area contributed by atoms with E-state index in [4.69, 9.17) is 0 Å². The summed E-state index contributed by atoms with van der Waals surface area (Å²) in [5, 5.41) is 10.6. The Morgan fingerprint density at radius 2 is 1.65 bits per heavy atom. The molecule has 146 valence electrons. The first-order chi connectivity index (χ1) is 12.4. The molecular weight excluding hydrogens is 345 g/mol. The van der Waals surface area contributed by atoms with Gasteiger partial charge in [0.2, 0.25) is 0 Å². The molecule has 0 aliphatic carbocycles. The number of β-amino-alcohol motifs (C(OH)–C–C–N with tert-alkyl or cyclic N) is 1. The molecule has 2 atom stereocenters. The summed E-state index contributed by atoms with van der Waals surface area (Å²) < 4.78 is 40.5. The van der Waals surface area contributed by atoms with Crippen molar-refractivity contribution in [2.75, 3.05) is 26.2 Å². The monoisotopic (exact) mass is 372 g/mol. The van der Waals surface area contributed by atoms with Crippen molar-refractivity contribution in [3.05, 3.63) is 29.8 Å². The van der Waals surface area contributed by atoms with Crippen LogP contribution < -0.4 is 4.74 Å². The molecule has 2 heterocycles. The third-order valence-corrected chi connectivity index (χ3v) is 5.30. The summed E-state index contributed by atoms with van der Waals surface area (Å²) in [5.74, 6) is -0.207. The zero-order chi connectivity index (χ0) is 18.6. The number of piperidine rings is 1. The van der Waals surface area contributed by atoms with Crippen LogP contribution in [0.2, 0.25) is 0 Å². The lowest BCUT2D eigenvalue weighted by Gasteiger charge is -2.41. The van der Waals surface area contributed by atoms with Crippen molar-refractivity contribution in [2.45, 2.75) is 57.2 Å². The molecule has 3 rings (SSSR count). The van der Waals surface area contributed by atoms with Crippen molar-refractivity contribution in [3.8, 4) is 5.75 Å². The molecule has 0 saturated carbocycles. The highest BCUT2D eigenvalue weighted by Crippen LogP contribution is 2.25. The number of aliphatic hydroxyl groups is 1. The normalized spacial score (nSPS) is 26.5. The van der Waals surface area contributed by atoms with Gasteiger partial charge in [-0.15, -0.1) is 13.2 Å². The zero-order valence-corrected chi connectivity index (χ0v) is 14.9. The Hall–Kier alpha value is -1.31. The van der Waals surface area contributed by atoms with Gasteiger partial charge in [-0.2, -0.15) is 0 Å². The summed E-state index contributed by atoms with van der Waals surface area (Å²) in [6.45, 7) is 4.25. The minimum Gasteiger partial charge on any atom is -0.406 e. The van der Waals surface area contributed by atoms with E-state index in [-0.39, 0.29) is 17.9 Å². The van der Waals surface area contributed by atoms with Crippen LogP contribution in [0.25, 0.3) is 0 Å². The van der Waals surface area contributed by atoms with E-state index in [9.17, 15) is 18.3 Å². The fourth-order valence-corrected chi connectivity index (χ4v) is 4.04. The second-order valence-electron chi connectivity index (χ2n) is 7.30. The third-order valence-electron chi connectivity index (χ3n) is 5.30. The Bertz CT molecular complexity index is 557. The van der Waals surface area contributed by atoms with Crippen molar-refractivity contribution in [2.24, 2.45) is 0 Å². The van der Waals surface area contributed by atoms with Crippen LogP contribution in [0.5, 0.6) is 5.75 Å². The van der Waals surface area contributed by atoms with E-state index in [2.05, 4.69) is 14.5 Å². The molecule has 0 amide bonds. The summed E-state index contributed by atoms with van der Waals surface area (Å²) >= 11 is 0. The summed E-state index contributed by atoms with van der Waals surface area (Å²) in [4.78, 5) is 4.61. The molecule has 0 spiro atoms. The van der Waals surface area contributed by atoms with Gasteiger partial charge in [0, 0.05) is 25.7 Å². The van der Waals surface area contributed by atoms with Crippen LogP contribution in [0.3, 0.4) is 0 Å². The Morgan fingerprint density at radius 1 is 1.00 bits per heavy atom. The number of aliphatic hydroxyl groups excluding tert-OH is 1. The van der Waals surface area contributed by atoms with Gasteiger partial charge in [-0.1, -0.05) is 25.0 Å². The quantitative estimate of drug-likeness (QED) is 0.879. The zero-order valence-electron chi connectivity index (χ0n) is 14.9. The molecular formula is C19H27F3N2O2. The number of likely N-dealkylation sites (tertiary alicyclic amines) is 2. The minimum absolute atomic E-state index is 0.207. The predicted octanol–water partition coefficient (Wildman–Crippen LogP) is 3.40. The van der Waals surface area contributed by atoms with E-state index < -0.39 is 6.36 Å². The second kappa shape index (κ2) is 8.59. The highest BCUT2D eigenvalue weighted by molar-refractivity contribution is 5.27. The Kier molecular flexibility index (Phi) is 6.42. The van der Waals surface area contributed by atoms with Gasteiger partial charge in [-0.3, -0.25) is 9.80 Å². The van der Waals surface area contributed by atoms with Crippen LogP contribution >= 0.6 is 0 Å². The molecule has 2 aliphatic rings. The standard InChI is InChI=1S/C19H27F3N2O2/c20-19(21,22)26-16-7-5-15(6-8-16)13-23-12-9-17(18(25)14-23)24-10-3-1-2-4-11-24/h5-8,17-18,25H,1-4,9-14H2/t17-,18-/m1/s1. The summed E-state index contributed by atoms with van der Waals surface area (Å²) in [5.41, 5.74) is 0.917. The Labute approximate surface area is 152 Å². The van der Waals surface area contributed by atoms with Crippen LogP contribution in [0.15, 0.2) is 24.3 Å². The maximum Gasteiger partial charge on any atom is 0.573 e. The van der Waals surface area contributed by atoms with Crippen LogP contribution in [0.1, 0.15) is 37.7 Å². The third kappa shape index (κ3) is 5.59. The molecule has 2 saturated heterocycles. The van der Waals surface area contributed by atoms with Gasteiger partial charge in [0.25, 0.3) is 0 Å². The molecule has 4 nitrogen and oxygen atoms in total. The van der Waals surface area contributed by atoms with E-state index in [0.717, 1.165) is 31.6 Å². The number of benzene rings is 1. The minimum atomic E-state index is -4.67.